The van der Waals surface area contributed by atoms with E-state index >= 15 is 0 Å². The molecule has 0 radical (unpaired) electrons. The van der Waals surface area contributed by atoms with Gasteiger partial charge in [0.05, 0.1) is 0 Å². The Morgan fingerprint density at radius 3 is 2.93 bits per heavy atom. The number of halogens is 1. The Morgan fingerprint density at radius 2 is 2.36 bits per heavy atom. The van der Waals surface area contributed by atoms with Gasteiger partial charge in [-0.05, 0) is 12.3 Å². The van der Waals surface area contributed by atoms with Gasteiger partial charge < -0.3 is 9.47 Å². The first-order valence-electron chi connectivity index (χ1n) is 5.05. The van der Waals surface area contributed by atoms with Gasteiger partial charge in [-0.2, -0.15) is 0 Å². The Kier molecular flexibility index (Phi) is 2.68. The van der Waals surface area contributed by atoms with Crippen LogP contribution in [0.5, 0.6) is 0 Å². The highest BCUT2D eigenvalue weighted by Crippen LogP contribution is 2.24. The minimum absolute atomic E-state index is 0.325. The first-order chi connectivity index (χ1) is 6.68. The van der Waals surface area contributed by atoms with Gasteiger partial charge in [0.15, 0.2) is 0 Å². The van der Waals surface area contributed by atoms with Crippen molar-refractivity contribution in [3.05, 3.63) is 12.4 Å². The van der Waals surface area contributed by atoms with Crippen molar-refractivity contribution in [2.75, 3.05) is 18.0 Å². The average Bonchev–Trinajstić information content (AvgIpc) is 2.57. The SMILES string of the molecule is CC1CN(c2nccn2C)CCC1Cl. The van der Waals surface area contributed by atoms with E-state index in [-0.39, 0.29) is 0 Å². The van der Waals surface area contributed by atoms with Gasteiger partial charge >= 0.3 is 0 Å². The molecule has 0 N–H and O–H groups in total. The minimum atomic E-state index is 0.325. The lowest BCUT2D eigenvalue weighted by atomic mass is 10.00. The molecule has 2 atom stereocenters. The molecule has 78 valence electrons. The summed E-state index contributed by atoms with van der Waals surface area (Å²) in [6.45, 7) is 4.23. The number of nitrogens with zero attached hydrogens (tertiary/aromatic N) is 3. The molecule has 1 aromatic heterocycles. The van der Waals surface area contributed by atoms with Crippen LogP contribution in [0.1, 0.15) is 13.3 Å². The molecule has 4 heteroatoms. The number of imidazole rings is 1. The van der Waals surface area contributed by atoms with Gasteiger partial charge in [0.25, 0.3) is 0 Å². The zero-order chi connectivity index (χ0) is 10.1. The van der Waals surface area contributed by atoms with Crippen molar-refractivity contribution < 1.29 is 0 Å². The van der Waals surface area contributed by atoms with Crippen LogP contribution in [0, 0.1) is 5.92 Å². The molecule has 3 nitrogen and oxygen atoms in total. The molecular formula is C10H16ClN3. The molecule has 14 heavy (non-hydrogen) atoms. The van der Waals surface area contributed by atoms with Crippen molar-refractivity contribution in [2.24, 2.45) is 13.0 Å². The molecule has 1 aliphatic rings. The summed E-state index contributed by atoms with van der Waals surface area (Å²) in [5, 5.41) is 0.325. The molecule has 0 spiro atoms. The number of hydrogen-bond donors (Lipinski definition) is 0. The Balaban J connectivity index is 2.10. The molecule has 0 aliphatic carbocycles. The van der Waals surface area contributed by atoms with Gasteiger partial charge in [-0.1, -0.05) is 6.92 Å². The molecule has 0 bridgehead atoms. The monoisotopic (exact) mass is 213 g/mol. The Morgan fingerprint density at radius 1 is 1.57 bits per heavy atom. The maximum atomic E-state index is 6.18. The second-order valence-corrected chi connectivity index (χ2v) is 4.63. The highest BCUT2D eigenvalue weighted by atomic mass is 35.5. The fraction of sp³-hybridized carbons (Fsp3) is 0.700. The van der Waals surface area contributed by atoms with Gasteiger partial charge in [-0.3, -0.25) is 0 Å². The van der Waals surface area contributed by atoms with E-state index in [0.717, 1.165) is 25.5 Å². The van der Waals surface area contributed by atoms with E-state index in [0.29, 0.717) is 11.3 Å². The number of alkyl halides is 1. The molecule has 2 heterocycles. The number of aryl methyl sites for hydroxylation is 1. The number of anilines is 1. The van der Waals surface area contributed by atoms with E-state index in [9.17, 15) is 0 Å². The Bertz CT molecular complexity index is 310. The van der Waals surface area contributed by atoms with Crippen LogP contribution >= 0.6 is 11.6 Å². The third kappa shape index (κ3) is 1.73. The van der Waals surface area contributed by atoms with Crippen LogP contribution in [-0.2, 0) is 7.05 Å². The van der Waals surface area contributed by atoms with Crippen molar-refractivity contribution in [3.63, 3.8) is 0 Å². The van der Waals surface area contributed by atoms with Crippen LogP contribution < -0.4 is 4.90 Å². The fourth-order valence-electron chi connectivity index (χ4n) is 1.96. The second-order valence-electron chi connectivity index (χ2n) is 4.07. The van der Waals surface area contributed by atoms with Gasteiger partial charge in [-0.25, -0.2) is 4.98 Å². The summed E-state index contributed by atoms with van der Waals surface area (Å²) in [7, 11) is 2.03. The second kappa shape index (κ2) is 3.81. The van der Waals surface area contributed by atoms with Gasteiger partial charge in [0.1, 0.15) is 0 Å². The molecule has 1 fully saturated rings. The summed E-state index contributed by atoms with van der Waals surface area (Å²) in [5.41, 5.74) is 0. The van der Waals surface area contributed by atoms with Crippen molar-refractivity contribution in [1.82, 2.24) is 9.55 Å². The maximum absolute atomic E-state index is 6.18. The molecule has 0 amide bonds. The van der Waals surface area contributed by atoms with Gasteiger partial charge in [0.2, 0.25) is 5.95 Å². The highest BCUT2D eigenvalue weighted by molar-refractivity contribution is 6.20. The molecule has 2 rings (SSSR count). The van der Waals surface area contributed by atoms with E-state index in [2.05, 4.69) is 21.4 Å². The van der Waals surface area contributed by atoms with Crippen LogP contribution in [0.3, 0.4) is 0 Å². The Labute approximate surface area is 89.7 Å². The predicted molar refractivity (Wildman–Crippen MR) is 58.8 cm³/mol. The van der Waals surface area contributed by atoms with E-state index < -0.39 is 0 Å². The van der Waals surface area contributed by atoms with E-state index in [1.54, 1.807) is 0 Å². The lowest BCUT2D eigenvalue weighted by molar-refractivity contribution is 0.447. The molecule has 1 saturated heterocycles. The Hall–Kier alpha value is -0.700. The first-order valence-corrected chi connectivity index (χ1v) is 5.48. The molecule has 1 aliphatic heterocycles. The van der Waals surface area contributed by atoms with Crippen LogP contribution in [0.4, 0.5) is 5.95 Å². The third-order valence-corrected chi connectivity index (χ3v) is 3.53. The summed E-state index contributed by atoms with van der Waals surface area (Å²) < 4.78 is 2.06. The van der Waals surface area contributed by atoms with Crippen LogP contribution in [0.25, 0.3) is 0 Å². The predicted octanol–water partition coefficient (Wildman–Crippen LogP) is 1.87. The summed E-state index contributed by atoms with van der Waals surface area (Å²) >= 11 is 6.18. The smallest absolute Gasteiger partial charge is 0.205 e. The molecule has 0 saturated carbocycles. The summed E-state index contributed by atoms with van der Waals surface area (Å²) in [4.78, 5) is 6.65. The van der Waals surface area contributed by atoms with Crippen molar-refractivity contribution >= 4 is 17.5 Å². The van der Waals surface area contributed by atoms with E-state index in [4.69, 9.17) is 11.6 Å². The minimum Gasteiger partial charge on any atom is -0.342 e. The van der Waals surface area contributed by atoms with Crippen molar-refractivity contribution in [3.8, 4) is 0 Å². The third-order valence-electron chi connectivity index (χ3n) is 2.88. The largest absolute Gasteiger partial charge is 0.342 e. The number of piperidine rings is 1. The lowest BCUT2D eigenvalue weighted by Gasteiger charge is -2.34. The fourth-order valence-corrected chi connectivity index (χ4v) is 2.14. The summed E-state index contributed by atoms with van der Waals surface area (Å²) in [6.07, 6.45) is 4.87. The average molecular weight is 214 g/mol. The van der Waals surface area contributed by atoms with Crippen LogP contribution in [0.15, 0.2) is 12.4 Å². The molecular weight excluding hydrogens is 198 g/mol. The zero-order valence-corrected chi connectivity index (χ0v) is 9.41. The van der Waals surface area contributed by atoms with Crippen LogP contribution in [-0.4, -0.2) is 28.0 Å². The quantitative estimate of drug-likeness (QED) is 0.665. The summed E-state index contributed by atoms with van der Waals surface area (Å²) in [5.74, 6) is 1.60. The van der Waals surface area contributed by atoms with Crippen LogP contribution in [0.2, 0.25) is 0 Å². The molecule has 0 aromatic carbocycles. The molecule has 1 aromatic rings. The normalized spacial score (nSPS) is 28.1. The number of aromatic nitrogens is 2. The maximum Gasteiger partial charge on any atom is 0.205 e. The lowest BCUT2D eigenvalue weighted by Crippen LogP contribution is -2.41. The standard InChI is InChI=1S/C10H16ClN3/c1-8-7-14(5-3-9(8)11)10-12-4-6-13(10)2/h4,6,8-9H,3,5,7H2,1-2H3. The molecule has 2 unspecified atom stereocenters. The van der Waals surface area contributed by atoms with Gasteiger partial charge in [-0.15, -0.1) is 11.6 Å². The number of rotatable bonds is 1. The number of hydrogen-bond acceptors (Lipinski definition) is 2. The first kappa shape index (κ1) is 9.84. The van der Waals surface area contributed by atoms with E-state index in [1.807, 2.05) is 19.4 Å². The van der Waals surface area contributed by atoms with Crippen molar-refractivity contribution in [1.29, 1.82) is 0 Å². The van der Waals surface area contributed by atoms with Crippen molar-refractivity contribution in [2.45, 2.75) is 18.7 Å². The van der Waals surface area contributed by atoms with E-state index in [1.165, 1.54) is 0 Å². The highest BCUT2D eigenvalue weighted by Gasteiger charge is 2.25. The topological polar surface area (TPSA) is 21.1 Å². The summed E-state index contributed by atoms with van der Waals surface area (Å²) in [6, 6.07) is 0. The van der Waals surface area contributed by atoms with Gasteiger partial charge in [0, 0.05) is 37.9 Å². The zero-order valence-electron chi connectivity index (χ0n) is 8.65.